The fourth-order valence-corrected chi connectivity index (χ4v) is 4.52. The van der Waals surface area contributed by atoms with E-state index >= 15 is 0 Å². The first-order chi connectivity index (χ1) is 13.3. The van der Waals surface area contributed by atoms with Gasteiger partial charge in [0.2, 0.25) is 0 Å². The van der Waals surface area contributed by atoms with Crippen LogP contribution in [-0.4, -0.2) is 28.0 Å². The summed E-state index contributed by atoms with van der Waals surface area (Å²) >= 11 is 3.25. The molecule has 146 valence electrons. The van der Waals surface area contributed by atoms with E-state index in [1.165, 1.54) is 12.1 Å². The Morgan fingerprint density at radius 1 is 1.00 bits per heavy atom. The van der Waals surface area contributed by atoms with Crippen LogP contribution in [-0.2, 0) is 14.8 Å². The van der Waals surface area contributed by atoms with Gasteiger partial charge in [0.25, 0.3) is 15.9 Å². The number of aryl methyl sites for hydroxylation is 1. The van der Waals surface area contributed by atoms with Crippen LogP contribution < -0.4 is 14.2 Å². The second-order valence-corrected chi connectivity index (χ2v) is 8.75. The molecule has 3 aromatic carbocycles. The summed E-state index contributed by atoms with van der Waals surface area (Å²) in [4.78, 5) is 12.1. The summed E-state index contributed by atoms with van der Waals surface area (Å²) in [7, 11) is -2.40. The molecule has 0 aliphatic heterocycles. The van der Waals surface area contributed by atoms with Gasteiger partial charge in [-0.25, -0.2) is 13.1 Å². The summed E-state index contributed by atoms with van der Waals surface area (Å²) in [5, 5.41) is 1.87. The van der Waals surface area contributed by atoms with E-state index in [0.717, 1.165) is 16.3 Å². The molecule has 0 aliphatic carbocycles. The van der Waals surface area contributed by atoms with E-state index in [4.69, 9.17) is 9.47 Å². The van der Waals surface area contributed by atoms with Gasteiger partial charge in [-0.1, -0.05) is 28.1 Å². The molecule has 1 N–H and O–H groups in total. The number of benzene rings is 3. The molecule has 6 nitrogen and oxygen atoms in total. The molecule has 0 bridgehead atoms. The van der Waals surface area contributed by atoms with Gasteiger partial charge in [-0.05, 0) is 65.7 Å². The van der Waals surface area contributed by atoms with E-state index in [0.29, 0.717) is 16.0 Å². The van der Waals surface area contributed by atoms with Crippen molar-refractivity contribution in [3.8, 4) is 11.5 Å². The maximum Gasteiger partial charge on any atom is 0.271 e. The number of carbonyl (C=O) groups excluding carboxylic acids is 1. The lowest BCUT2D eigenvalue weighted by molar-refractivity contribution is -0.121. The van der Waals surface area contributed by atoms with Crippen molar-refractivity contribution in [1.29, 1.82) is 0 Å². The molecule has 0 unspecified atom stereocenters. The van der Waals surface area contributed by atoms with Crippen LogP contribution in [0.1, 0.15) is 5.56 Å². The first-order valence-electron chi connectivity index (χ1n) is 8.30. The second-order valence-electron chi connectivity index (χ2n) is 6.16. The standard InChI is InChI=1S/C20H18BrNO5S/c1-13-7-16(21)11-19(8-13)28(24,25)22-20(23)12-27-18-6-4-14-3-5-17(26-2)9-15(14)10-18/h3-11H,12H2,1-2H3,(H,22,23). The van der Waals surface area contributed by atoms with Crippen molar-refractivity contribution in [1.82, 2.24) is 4.72 Å². The molecule has 0 saturated heterocycles. The van der Waals surface area contributed by atoms with Crippen LogP contribution in [0.3, 0.4) is 0 Å². The first kappa shape index (κ1) is 20.2. The number of amides is 1. The van der Waals surface area contributed by atoms with Crippen molar-refractivity contribution in [2.75, 3.05) is 13.7 Å². The number of fused-ring (bicyclic) bond motifs is 1. The highest BCUT2D eigenvalue weighted by atomic mass is 79.9. The Morgan fingerprint density at radius 3 is 2.36 bits per heavy atom. The second kappa shape index (κ2) is 8.20. The number of rotatable bonds is 6. The number of halogens is 1. The van der Waals surface area contributed by atoms with Crippen molar-refractivity contribution in [2.24, 2.45) is 0 Å². The normalized spacial score (nSPS) is 11.2. The molecule has 3 aromatic rings. The molecule has 3 rings (SSSR count). The molecular weight excluding hydrogens is 446 g/mol. The number of carbonyl (C=O) groups is 1. The van der Waals surface area contributed by atoms with Crippen LogP contribution in [0.25, 0.3) is 10.8 Å². The summed E-state index contributed by atoms with van der Waals surface area (Å²) in [6.07, 6.45) is 0. The number of hydrogen-bond donors (Lipinski definition) is 1. The third-order valence-electron chi connectivity index (χ3n) is 3.96. The van der Waals surface area contributed by atoms with Gasteiger partial charge in [-0.3, -0.25) is 4.79 Å². The van der Waals surface area contributed by atoms with Gasteiger partial charge in [-0.15, -0.1) is 0 Å². The molecule has 0 aromatic heterocycles. The van der Waals surface area contributed by atoms with Crippen molar-refractivity contribution >= 4 is 42.6 Å². The van der Waals surface area contributed by atoms with Crippen LogP contribution in [0.2, 0.25) is 0 Å². The van der Waals surface area contributed by atoms with Gasteiger partial charge < -0.3 is 9.47 Å². The monoisotopic (exact) mass is 463 g/mol. The van der Waals surface area contributed by atoms with E-state index in [2.05, 4.69) is 15.9 Å². The van der Waals surface area contributed by atoms with Gasteiger partial charge in [0, 0.05) is 4.47 Å². The van der Waals surface area contributed by atoms with Crippen LogP contribution >= 0.6 is 15.9 Å². The van der Waals surface area contributed by atoms with Crippen LogP contribution in [0.5, 0.6) is 11.5 Å². The molecule has 0 heterocycles. The van der Waals surface area contributed by atoms with E-state index in [1.807, 2.05) is 29.0 Å². The molecule has 0 spiro atoms. The number of methoxy groups -OCH3 is 1. The van der Waals surface area contributed by atoms with Crippen LogP contribution in [0, 0.1) is 6.92 Å². The molecule has 0 radical (unpaired) electrons. The topological polar surface area (TPSA) is 81.7 Å². The molecule has 8 heteroatoms. The highest BCUT2D eigenvalue weighted by Crippen LogP contribution is 2.25. The minimum Gasteiger partial charge on any atom is -0.497 e. The molecule has 0 atom stereocenters. The highest BCUT2D eigenvalue weighted by Gasteiger charge is 2.19. The highest BCUT2D eigenvalue weighted by molar-refractivity contribution is 9.10. The number of sulfonamides is 1. The molecule has 28 heavy (non-hydrogen) atoms. The smallest absolute Gasteiger partial charge is 0.271 e. The minimum atomic E-state index is -3.98. The van der Waals surface area contributed by atoms with Crippen molar-refractivity contribution in [2.45, 2.75) is 11.8 Å². The molecule has 0 fully saturated rings. The average molecular weight is 464 g/mol. The van der Waals surface area contributed by atoms with E-state index < -0.39 is 22.5 Å². The van der Waals surface area contributed by atoms with Gasteiger partial charge >= 0.3 is 0 Å². The van der Waals surface area contributed by atoms with E-state index in [1.54, 1.807) is 32.2 Å². The lowest BCUT2D eigenvalue weighted by Crippen LogP contribution is -2.34. The SMILES string of the molecule is COc1ccc2ccc(OCC(=O)NS(=O)(=O)c3cc(C)cc(Br)c3)cc2c1. The Morgan fingerprint density at radius 2 is 1.68 bits per heavy atom. The van der Waals surface area contributed by atoms with Gasteiger partial charge in [0.05, 0.1) is 12.0 Å². The Labute approximate surface area is 171 Å². The Bertz CT molecular complexity index is 1120. The largest absolute Gasteiger partial charge is 0.497 e. The lowest BCUT2D eigenvalue weighted by Gasteiger charge is -2.10. The van der Waals surface area contributed by atoms with Crippen LogP contribution in [0.15, 0.2) is 64.0 Å². The van der Waals surface area contributed by atoms with Gasteiger partial charge in [0.15, 0.2) is 6.61 Å². The average Bonchev–Trinajstić information content (AvgIpc) is 2.64. The third-order valence-corrected chi connectivity index (χ3v) is 5.77. The third kappa shape index (κ3) is 4.82. The minimum absolute atomic E-state index is 0.00512. The molecular formula is C20H18BrNO5S. The Balaban J connectivity index is 1.69. The Kier molecular flexibility index (Phi) is 5.90. The zero-order valence-electron chi connectivity index (χ0n) is 15.2. The number of hydrogen-bond acceptors (Lipinski definition) is 5. The van der Waals surface area contributed by atoms with Gasteiger partial charge in [0.1, 0.15) is 11.5 Å². The summed E-state index contributed by atoms with van der Waals surface area (Å²) in [6, 6.07) is 15.6. The maximum atomic E-state index is 12.4. The predicted molar refractivity (Wildman–Crippen MR) is 110 cm³/mol. The van der Waals surface area contributed by atoms with Crippen LogP contribution in [0.4, 0.5) is 0 Å². The van der Waals surface area contributed by atoms with Crippen molar-refractivity contribution < 1.29 is 22.7 Å². The van der Waals surface area contributed by atoms with E-state index in [9.17, 15) is 13.2 Å². The van der Waals surface area contributed by atoms with E-state index in [-0.39, 0.29) is 4.90 Å². The molecule has 0 saturated carbocycles. The molecule has 1 amide bonds. The zero-order valence-corrected chi connectivity index (χ0v) is 17.6. The van der Waals surface area contributed by atoms with Gasteiger partial charge in [-0.2, -0.15) is 0 Å². The predicted octanol–water partition coefficient (Wildman–Crippen LogP) is 3.80. The summed E-state index contributed by atoms with van der Waals surface area (Å²) in [5.74, 6) is 0.396. The fraction of sp³-hybridized carbons (Fsp3) is 0.150. The summed E-state index contributed by atoms with van der Waals surface area (Å²) < 4.78 is 38.0. The maximum absolute atomic E-state index is 12.4. The zero-order chi connectivity index (χ0) is 20.3. The first-order valence-corrected chi connectivity index (χ1v) is 10.6. The quantitative estimate of drug-likeness (QED) is 0.600. The molecule has 0 aliphatic rings. The van der Waals surface area contributed by atoms with Crippen molar-refractivity contribution in [3.63, 3.8) is 0 Å². The summed E-state index contributed by atoms with van der Waals surface area (Å²) in [6.45, 7) is 1.34. The number of nitrogens with one attached hydrogen (secondary N) is 1. The number of ether oxygens (including phenoxy) is 2. The summed E-state index contributed by atoms with van der Waals surface area (Å²) in [5.41, 5.74) is 0.755. The Hall–Kier alpha value is -2.58. The lowest BCUT2D eigenvalue weighted by atomic mass is 10.1. The fourth-order valence-electron chi connectivity index (χ4n) is 2.66. The van der Waals surface area contributed by atoms with Crippen molar-refractivity contribution in [3.05, 3.63) is 64.6 Å².